The maximum absolute atomic E-state index is 12.4. The van der Waals surface area contributed by atoms with Crippen molar-refractivity contribution in [2.75, 3.05) is 11.9 Å². The average Bonchev–Trinajstić information content (AvgIpc) is 2.99. The summed E-state index contributed by atoms with van der Waals surface area (Å²) in [5, 5.41) is 5.20. The summed E-state index contributed by atoms with van der Waals surface area (Å²) in [5.74, 6) is 0.238. The van der Waals surface area contributed by atoms with Gasteiger partial charge in [-0.3, -0.25) is 9.59 Å². The SMILES string of the molecule is O=C1COc2ccc(C(=O)C(Br)c3nccs3)cc2N1. The molecule has 0 spiro atoms. The number of aromatic nitrogens is 1. The van der Waals surface area contributed by atoms with Crippen molar-refractivity contribution in [2.24, 2.45) is 0 Å². The van der Waals surface area contributed by atoms with Gasteiger partial charge in [0.1, 0.15) is 15.6 Å². The first-order valence-corrected chi connectivity index (χ1v) is 7.59. The van der Waals surface area contributed by atoms with Crippen molar-refractivity contribution in [2.45, 2.75) is 4.83 Å². The minimum absolute atomic E-state index is 0.000474. The molecule has 20 heavy (non-hydrogen) atoms. The van der Waals surface area contributed by atoms with Gasteiger partial charge >= 0.3 is 0 Å². The van der Waals surface area contributed by atoms with Crippen LogP contribution in [-0.4, -0.2) is 23.3 Å². The Balaban J connectivity index is 1.89. The number of halogens is 1. The maximum Gasteiger partial charge on any atom is 0.262 e. The Hall–Kier alpha value is -1.73. The molecule has 1 aliphatic rings. The van der Waals surface area contributed by atoms with Gasteiger partial charge in [-0.05, 0) is 18.2 Å². The summed E-state index contributed by atoms with van der Waals surface area (Å²) in [6.07, 6.45) is 1.66. The van der Waals surface area contributed by atoms with E-state index in [1.807, 2.05) is 5.38 Å². The van der Waals surface area contributed by atoms with Gasteiger partial charge in [-0.15, -0.1) is 11.3 Å². The lowest BCUT2D eigenvalue weighted by Gasteiger charge is -2.18. The molecule has 1 N–H and O–H groups in total. The van der Waals surface area contributed by atoms with Crippen LogP contribution in [0.3, 0.4) is 0 Å². The molecule has 102 valence electrons. The summed E-state index contributed by atoms with van der Waals surface area (Å²) >= 11 is 4.76. The summed E-state index contributed by atoms with van der Waals surface area (Å²) in [4.78, 5) is 27.3. The number of ether oxygens (including phenoxy) is 1. The van der Waals surface area contributed by atoms with E-state index in [4.69, 9.17) is 4.74 Å². The normalized spacial score (nSPS) is 14.9. The molecule has 0 fully saturated rings. The van der Waals surface area contributed by atoms with Gasteiger partial charge in [0.2, 0.25) is 0 Å². The van der Waals surface area contributed by atoms with Crippen LogP contribution in [0.25, 0.3) is 0 Å². The van der Waals surface area contributed by atoms with Gasteiger partial charge in [-0.25, -0.2) is 4.98 Å². The van der Waals surface area contributed by atoms with Gasteiger partial charge in [0.15, 0.2) is 12.4 Å². The number of nitrogens with one attached hydrogen (secondary N) is 1. The van der Waals surface area contributed by atoms with Crippen molar-refractivity contribution >= 4 is 44.6 Å². The average molecular weight is 353 g/mol. The Morgan fingerprint density at radius 1 is 1.50 bits per heavy atom. The molecule has 2 heterocycles. The molecule has 1 atom stereocenters. The van der Waals surface area contributed by atoms with E-state index in [9.17, 15) is 9.59 Å². The Bertz CT molecular complexity index is 672. The van der Waals surface area contributed by atoms with Crippen LogP contribution in [-0.2, 0) is 4.79 Å². The van der Waals surface area contributed by atoms with Crippen LogP contribution in [0.4, 0.5) is 5.69 Å². The van der Waals surface area contributed by atoms with Crippen LogP contribution in [0.1, 0.15) is 20.2 Å². The summed E-state index contributed by atoms with van der Waals surface area (Å²) in [6, 6.07) is 4.99. The molecule has 0 aliphatic carbocycles. The second-order valence-corrected chi connectivity index (χ2v) is 5.99. The number of fused-ring (bicyclic) bond motifs is 1. The molecular formula is C13H9BrN2O3S. The second-order valence-electron chi connectivity index (χ2n) is 4.14. The summed E-state index contributed by atoms with van der Waals surface area (Å²) in [5.41, 5.74) is 1.01. The lowest BCUT2D eigenvalue weighted by molar-refractivity contribution is -0.118. The minimum atomic E-state index is -0.485. The van der Waals surface area contributed by atoms with E-state index in [-0.39, 0.29) is 18.3 Å². The summed E-state index contributed by atoms with van der Waals surface area (Å²) < 4.78 is 5.26. The highest BCUT2D eigenvalue weighted by atomic mass is 79.9. The van der Waals surface area contributed by atoms with Crippen molar-refractivity contribution in [1.29, 1.82) is 0 Å². The number of nitrogens with zero attached hydrogens (tertiary/aromatic N) is 1. The van der Waals surface area contributed by atoms with E-state index in [0.29, 0.717) is 22.0 Å². The largest absolute Gasteiger partial charge is 0.482 e. The zero-order valence-corrected chi connectivity index (χ0v) is 12.5. The molecule has 0 saturated heterocycles. The molecule has 0 saturated carbocycles. The summed E-state index contributed by atoms with van der Waals surface area (Å²) in [7, 11) is 0. The molecular weight excluding hydrogens is 344 g/mol. The van der Waals surface area contributed by atoms with Crippen molar-refractivity contribution < 1.29 is 14.3 Å². The maximum atomic E-state index is 12.4. The van der Waals surface area contributed by atoms with E-state index in [0.717, 1.165) is 0 Å². The number of alkyl halides is 1. The predicted octanol–water partition coefficient (Wildman–Crippen LogP) is 2.79. The monoisotopic (exact) mass is 352 g/mol. The van der Waals surface area contributed by atoms with Crippen molar-refractivity contribution in [3.05, 3.63) is 40.3 Å². The highest BCUT2D eigenvalue weighted by Gasteiger charge is 2.23. The molecule has 1 aromatic carbocycles. The van der Waals surface area contributed by atoms with Gasteiger partial charge in [0.25, 0.3) is 5.91 Å². The van der Waals surface area contributed by atoms with Crippen molar-refractivity contribution in [3.8, 4) is 5.75 Å². The number of rotatable bonds is 3. The van der Waals surface area contributed by atoms with Gasteiger partial charge in [0, 0.05) is 17.1 Å². The van der Waals surface area contributed by atoms with Crippen molar-refractivity contribution in [3.63, 3.8) is 0 Å². The van der Waals surface area contributed by atoms with E-state index in [2.05, 4.69) is 26.2 Å². The molecule has 1 aliphatic heterocycles. The van der Waals surface area contributed by atoms with Gasteiger partial charge in [-0.1, -0.05) is 15.9 Å². The zero-order valence-electron chi connectivity index (χ0n) is 10.1. The summed E-state index contributed by atoms with van der Waals surface area (Å²) in [6.45, 7) is 0.000474. The Morgan fingerprint density at radius 3 is 3.10 bits per heavy atom. The molecule has 2 aromatic rings. The van der Waals surface area contributed by atoms with Crippen LogP contribution in [0.2, 0.25) is 0 Å². The molecule has 1 aromatic heterocycles. The number of hydrogen-bond acceptors (Lipinski definition) is 5. The lowest BCUT2D eigenvalue weighted by atomic mass is 10.1. The minimum Gasteiger partial charge on any atom is -0.482 e. The van der Waals surface area contributed by atoms with Crippen LogP contribution >= 0.6 is 27.3 Å². The van der Waals surface area contributed by atoms with Crippen molar-refractivity contribution in [1.82, 2.24) is 4.98 Å². The highest BCUT2D eigenvalue weighted by Crippen LogP contribution is 2.33. The van der Waals surface area contributed by atoms with Crippen LogP contribution < -0.4 is 10.1 Å². The Labute approximate surface area is 127 Å². The van der Waals surface area contributed by atoms with E-state index in [1.54, 1.807) is 24.4 Å². The lowest BCUT2D eigenvalue weighted by Crippen LogP contribution is -2.25. The number of carbonyl (C=O) groups is 2. The highest BCUT2D eigenvalue weighted by molar-refractivity contribution is 9.09. The number of amides is 1. The van der Waals surface area contributed by atoms with E-state index < -0.39 is 4.83 Å². The standard InChI is InChI=1S/C13H9BrN2O3S/c14-11(13-15-3-4-20-13)12(18)7-1-2-9-8(5-7)16-10(17)6-19-9/h1-5,11H,6H2,(H,16,17). The Kier molecular flexibility index (Phi) is 3.54. The molecule has 3 rings (SSSR count). The Morgan fingerprint density at radius 2 is 2.35 bits per heavy atom. The molecule has 5 nitrogen and oxygen atoms in total. The van der Waals surface area contributed by atoms with Gasteiger partial charge in [-0.2, -0.15) is 0 Å². The van der Waals surface area contributed by atoms with Gasteiger partial charge < -0.3 is 10.1 Å². The molecule has 0 bridgehead atoms. The number of Topliss-reactive ketones (excluding diaryl/α,β-unsaturated/α-hetero) is 1. The fourth-order valence-electron chi connectivity index (χ4n) is 1.85. The fourth-order valence-corrected chi connectivity index (χ4v) is 3.17. The third-order valence-electron chi connectivity index (χ3n) is 2.80. The number of benzene rings is 1. The van der Waals surface area contributed by atoms with Crippen LogP contribution in [0, 0.1) is 0 Å². The predicted molar refractivity (Wildman–Crippen MR) is 78.7 cm³/mol. The number of carbonyl (C=O) groups excluding carboxylic acids is 2. The third-order valence-corrected chi connectivity index (χ3v) is 4.79. The van der Waals surface area contributed by atoms with Gasteiger partial charge in [0.05, 0.1) is 5.69 Å². The van der Waals surface area contributed by atoms with E-state index >= 15 is 0 Å². The number of thiazole rings is 1. The van der Waals surface area contributed by atoms with Crippen LogP contribution in [0.15, 0.2) is 29.8 Å². The second kappa shape index (κ2) is 5.34. The van der Waals surface area contributed by atoms with Crippen LogP contribution in [0.5, 0.6) is 5.75 Å². The quantitative estimate of drug-likeness (QED) is 0.681. The smallest absolute Gasteiger partial charge is 0.262 e. The molecule has 1 amide bonds. The molecule has 1 unspecified atom stereocenters. The molecule has 0 radical (unpaired) electrons. The number of anilines is 1. The first-order valence-electron chi connectivity index (χ1n) is 5.79. The first-order chi connectivity index (χ1) is 9.65. The number of hydrogen-bond donors (Lipinski definition) is 1. The van der Waals surface area contributed by atoms with E-state index in [1.165, 1.54) is 11.3 Å². The first kappa shape index (κ1) is 13.3. The number of ketones is 1. The fraction of sp³-hybridized carbons (Fsp3) is 0.154. The molecule has 7 heteroatoms. The third kappa shape index (κ3) is 2.46. The topological polar surface area (TPSA) is 68.3 Å². The zero-order chi connectivity index (χ0) is 14.1.